The van der Waals surface area contributed by atoms with Crippen molar-refractivity contribution < 1.29 is 22.7 Å². The molecule has 1 spiro atoms. The molecule has 2 aromatic rings. The fourth-order valence-electron chi connectivity index (χ4n) is 5.13. The summed E-state index contributed by atoms with van der Waals surface area (Å²) in [4.78, 5) is 16.1. The first kappa shape index (κ1) is 22.6. The van der Waals surface area contributed by atoms with Crippen LogP contribution in [-0.4, -0.2) is 41.0 Å². The van der Waals surface area contributed by atoms with E-state index in [4.69, 9.17) is 4.74 Å². The van der Waals surface area contributed by atoms with Gasteiger partial charge in [-0.15, -0.1) is 0 Å². The molecule has 2 heterocycles. The molecule has 0 radical (unpaired) electrons. The van der Waals surface area contributed by atoms with Crippen molar-refractivity contribution in [3.05, 3.63) is 59.9 Å². The number of carbonyl (C=O) groups is 1. The van der Waals surface area contributed by atoms with Gasteiger partial charge in [0.1, 0.15) is 11.6 Å². The molecule has 0 saturated carbocycles. The Kier molecular flexibility index (Phi) is 5.96. The van der Waals surface area contributed by atoms with E-state index in [1.165, 1.54) is 23.1 Å². The summed E-state index contributed by atoms with van der Waals surface area (Å²) in [5.74, 6) is -4.43. The molecule has 2 saturated heterocycles. The van der Waals surface area contributed by atoms with Crippen LogP contribution in [0.1, 0.15) is 45.6 Å². The molecule has 2 atom stereocenters. The van der Waals surface area contributed by atoms with Gasteiger partial charge in [0.2, 0.25) is 0 Å². The number of likely N-dealkylation sites (tertiary alicyclic amines) is 1. The van der Waals surface area contributed by atoms with E-state index in [0.717, 1.165) is 17.4 Å². The van der Waals surface area contributed by atoms with Crippen LogP contribution in [-0.2, 0) is 11.3 Å². The number of piperidine rings is 1. The largest absolute Gasteiger partial charge is 0.491 e. The van der Waals surface area contributed by atoms with E-state index in [2.05, 4.69) is 4.90 Å². The van der Waals surface area contributed by atoms with Crippen molar-refractivity contribution in [3.8, 4) is 5.75 Å². The molecule has 0 aliphatic carbocycles. The van der Waals surface area contributed by atoms with Crippen molar-refractivity contribution in [1.82, 2.24) is 4.90 Å². The summed E-state index contributed by atoms with van der Waals surface area (Å²) in [7, 11) is 0. The Bertz CT molecular complexity index is 997. The Hall–Kier alpha value is -2.54. The SMILES string of the molecule is CC(C)Oc1cccc(CN2CC[C@@]3(C[C@@H]2C)CC(F)(F)C(=O)N3c2cccc(F)c2)c1. The first-order valence-corrected chi connectivity index (χ1v) is 11.1. The van der Waals surface area contributed by atoms with Crippen LogP contribution in [0.25, 0.3) is 0 Å². The van der Waals surface area contributed by atoms with Crippen molar-refractivity contribution in [2.45, 2.75) is 70.2 Å². The zero-order chi connectivity index (χ0) is 23.1. The van der Waals surface area contributed by atoms with E-state index in [9.17, 15) is 18.0 Å². The highest BCUT2D eigenvalue weighted by Gasteiger charge is 2.62. The number of benzene rings is 2. The van der Waals surface area contributed by atoms with Crippen LogP contribution in [0.3, 0.4) is 0 Å². The molecule has 0 N–H and O–H groups in total. The third-order valence-corrected chi connectivity index (χ3v) is 6.43. The minimum atomic E-state index is -3.45. The quantitative estimate of drug-likeness (QED) is 0.616. The van der Waals surface area contributed by atoms with Crippen LogP contribution in [0.4, 0.5) is 18.9 Å². The van der Waals surface area contributed by atoms with Gasteiger partial charge in [-0.25, -0.2) is 4.39 Å². The van der Waals surface area contributed by atoms with Gasteiger partial charge in [0.15, 0.2) is 0 Å². The minimum absolute atomic E-state index is 0.0313. The van der Waals surface area contributed by atoms with Gasteiger partial charge in [0, 0.05) is 31.2 Å². The molecule has 2 aliphatic heterocycles. The Morgan fingerprint density at radius 3 is 2.59 bits per heavy atom. The lowest BCUT2D eigenvalue weighted by Gasteiger charge is -2.47. The summed E-state index contributed by atoms with van der Waals surface area (Å²) in [5.41, 5.74) is 0.263. The first-order chi connectivity index (χ1) is 15.1. The highest BCUT2D eigenvalue weighted by Crippen LogP contribution is 2.49. The lowest BCUT2D eigenvalue weighted by Crippen LogP contribution is -2.56. The monoisotopic (exact) mass is 446 g/mol. The summed E-state index contributed by atoms with van der Waals surface area (Å²) < 4.78 is 48.8. The van der Waals surface area contributed by atoms with Gasteiger partial charge >= 0.3 is 5.92 Å². The van der Waals surface area contributed by atoms with Crippen LogP contribution >= 0.6 is 0 Å². The van der Waals surface area contributed by atoms with Gasteiger partial charge in [-0.1, -0.05) is 18.2 Å². The molecule has 7 heteroatoms. The van der Waals surface area contributed by atoms with Crippen molar-refractivity contribution in [3.63, 3.8) is 0 Å². The highest BCUT2D eigenvalue weighted by molar-refractivity contribution is 6.02. The standard InChI is InChI=1S/C25H29F3N2O2/c1-17(2)32-22-9-4-6-19(12-22)15-29-11-10-24(14-18(29)3)16-25(27,28)23(31)30(24)21-8-5-7-20(26)13-21/h4-9,12-13,17-18H,10-11,14-16H2,1-3H3/t18-,24+/m0/s1. The average Bonchev–Trinajstić information content (AvgIpc) is 2.89. The molecule has 4 rings (SSSR count). The van der Waals surface area contributed by atoms with Gasteiger partial charge in [0.05, 0.1) is 11.6 Å². The van der Waals surface area contributed by atoms with Crippen molar-refractivity contribution in [2.75, 3.05) is 11.4 Å². The van der Waals surface area contributed by atoms with E-state index < -0.39 is 29.6 Å². The zero-order valence-corrected chi connectivity index (χ0v) is 18.7. The second-order valence-corrected chi connectivity index (χ2v) is 9.31. The number of alkyl halides is 2. The first-order valence-electron chi connectivity index (χ1n) is 11.1. The summed E-state index contributed by atoms with van der Waals surface area (Å²) in [6.45, 7) is 7.17. The number of halogens is 3. The van der Waals surface area contributed by atoms with E-state index in [1.807, 2.05) is 45.0 Å². The van der Waals surface area contributed by atoms with Gasteiger partial charge in [-0.05, 0) is 69.5 Å². The molecule has 1 amide bonds. The molecule has 0 bridgehead atoms. The Labute approximate surface area is 187 Å². The normalized spacial score (nSPS) is 25.7. The maximum atomic E-state index is 14.6. The summed E-state index contributed by atoms with van der Waals surface area (Å²) in [5, 5.41) is 0. The Morgan fingerprint density at radius 1 is 1.16 bits per heavy atom. The molecule has 4 nitrogen and oxygen atoms in total. The van der Waals surface area contributed by atoms with Crippen LogP contribution in [0, 0.1) is 5.82 Å². The predicted octanol–water partition coefficient (Wildman–Crippen LogP) is 5.41. The van der Waals surface area contributed by atoms with Crippen LogP contribution in [0.2, 0.25) is 0 Å². The topological polar surface area (TPSA) is 32.8 Å². The number of nitrogens with zero attached hydrogens (tertiary/aromatic N) is 2. The van der Waals surface area contributed by atoms with E-state index >= 15 is 0 Å². The summed E-state index contributed by atoms with van der Waals surface area (Å²) >= 11 is 0. The van der Waals surface area contributed by atoms with Crippen molar-refractivity contribution in [2.24, 2.45) is 0 Å². The molecule has 172 valence electrons. The van der Waals surface area contributed by atoms with Crippen molar-refractivity contribution in [1.29, 1.82) is 0 Å². The smallest absolute Gasteiger partial charge is 0.327 e. The highest BCUT2D eigenvalue weighted by atomic mass is 19.3. The zero-order valence-electron chi connectivity index (χ0n) is 18.7. The van der Waals surface area contributed by atoms with E-state index in [1.54, 1.807) is 0 Å². The Balaban J connectivity index is 1.55. The fraction of sp³-hybridized carbons (Fsp3) is 0.480. The van der Waals surface area contributed by atoms with Crippen molar-refractivity contribution >= 4 is 11.6 Å². The molecule has 2 aromatic carbocycles. The molecule has 32 heavy (non-hydrogen) atoms. The van der Waals surface area contributed by atoms with Gasteiger partial charge < -0.3 is 9.64 Å². The molecule has 2 aliphatic rings. The van der Waals surface area contributed by atoms with Crippen LogP contribution < -0.4 is 9.64 Å². The molecular weight excluding hydrogens is 417 g/mol. The van der Waals surface area contributed by atoms with E-state index in [-0.39, 0.29) is 17.8 Å². The molecular formula is C25H29F3N2O2. The lowest BCUT2D eigenvalue weighted by molar-refractivity contribution is -0.137. The number of carbonyl (C=O) groups excluding carboxylic acids is 1. The maximum absolute atomic E-state index is 14.6. The van der Waals surface area contributed by atoms with Gasteiger partial charge in [0.25, 0.3) is 5.91 Å². The van der Waals surface area contributed by atoms with Gasteiger partial charge in [-0.2, -0.15) is 8.78 Å². The number of anilines is 1. The lowest BCUT2D eigenvalue weighted by atomic mass is 9.80. The third kappa shape index (κ3) is 4.35. The number of hydrogen-bond donors (Lipinski definition) is 0. The number of ether oxygens (including phenoxy) is 1. The maximum Gasteiger partial charge on any atom is 0.327 e. The summed E-state index contributed by atoms with van der Waals surface area (Å²) in [6.07, 6.45) is 0.338. The van der Waals surface area contributed by atoms with Crippen LogP contribution in [0.5, 0.6) is 5.75 Å². The molecule has 2 fully saturated rings. The molecule has 0 unspecified atom stereocenters. The third-order valence-electron chi connectivity index (χ3n) is 6.43. The van der Waals surface area contributed by atoms with E-state index in [0.29, 0.717) is 25.9 Å². The fourth-order valence-corrected chi connectivity index (χ4v) is 5.13. The number of amides is 1. The second kappa shape index (κ2) is 8.43. The predicted molar refractivity (Wildman–Crippen MR) is 117 cm³/mol. The second-order valence-electron chi connectivity index (χ2n) is 9.31. The van der Waals surface area contributed by atoms with Gasteiger partial charge in [-0.3, -0.25) is 9.69 Å². The number of hydrogen-bond acceptors (Lipinski definition) is 3. The minimum Gasteiger partial charge on any atom is -0.491 e. The van der Waals surface area contributed by atoms with Crippen LogP contribution in [0.15, 0.2) is 48.5 Å². The Morgan fingerprint density at radius 2 is 1.91 bits per heavy atom. The average molecular weight is 447 g/mol. The number of rotatable bonds is 5. The summed E-state index contributed by atoms with van der Waals surface area (Å²) in [6, 6.07) is 13.3. The molecule has 0 aromatic heterocycles.